The first-order valence-electron chi connectivity index (χ1n) is 4.39. The number of nitrogens with two attached hydrogens (primary N) is 1. The van der Waals surface area contributed by atoms with Gasteiger partial charge in [0.15, 0.2) is 0 Å². The lowest BCUT2D eigenvalue weighted by atomic mass is 10.1. The molecule has 0 aliphatic rings. The molecule has 0 unspecified atom stereocenters. The van der Waals surface area contributed by atoms with Gasteiger partial charge in [0.05, 0.1) is 19.0 Å². The molecule has 1 rings (SSSR count). The van der Waals surface area contributed by atoms with Gasteiger partial charge in [-0.2, -0.15) is 0 Å². The van der Waals surface area contributed by atoms with Crippen molar-refractivity contribution in [3.8, 4) is 5.88 Å². The zero-order valence-electron chi connectivity index (χ0n) is 8.03. The van der Waals surface area contributed by atoms with Crippen LogP contribution in [0.2, 0.25) is 0 Å². The predicted octanol–water partition coefficient (Wildman–Crippen LogP) is 1.48. The predicted molar refractivity (Wildman–Crippen MR) is 51.4 cm³/mol. The molecule has 0 aliphatic carbocycles. The monoisotopic (exact) mass is 181 g/mol. The van der Waals surface area contributed by atoms with Crippen LogP contribution in [0.3, 0.4) is 0 Å². The Morgan fingerprint density at radius 2 is 2.15 bits per heavy atom. The van der Waals surface area contributed by atoms with Crippen LogP contribution in [0.5, 0.6) is 5.88 Å². The fourth-order valence-electron chi connectivity index (χ4n) is 0.800. The zero-order chi connectivity index (χ0) is 9.68. The van der Waals surface area contributed by atoms with E-state index in [1.54, 1.807) is 0 Å². The summed E-state index contributed by atoms with van der Waals surface area (Å²) in [5, 5.41) is 0. The first-order chi connectivity index (χ1) is 6.18. The molecule has 0 bridgehead atoms. The van der Waals surface area contributed by atoms with Crippen LogP contribution in [0.1, 0.15) is 20.3 Å². The third-order valence-corrected chi connectivity index (χ3v) is 1.59. The van der Waals surface area contributed by atoms with Gasteiger partial charge in [-0.15, -0.1) is 0 Å². The quantitative estimate of drug-likeness (QED) is 0.764. The number of rotatable bonds is 4. The minimum Gasteiger partial charge on any atom is -0.477 e. The SMILES string of the molecule is CC(C)CCOc1cnc(N)cn1. The molecule has 1 aromatic heterocycles. The zero-order valence-corrected chi connectivity index (χ0v) is 8.03. The third-order valence-electron chi connectivity index (χ3n) is 1.59. The Hall–Kier alpha value is -1.32. The van der Waals surface area contributed by atoms with E-state index in [0.717, 1.165) is 6.42 Å². The second-order valence-electron chi connectivity index (χ2n) is 3.31. The number of hydrogen-bond donors (Lipinski definition) is 1. The molecule has 0 amide bonds. The number of anilines is 1. The smallest absolute Gasteiger partial charge is 0.232 e. The van der Waals surface area contributed by atoms with Crippen LogP contribution < -0.4 is 10.5 Å². The summed E-state index contributed by atoms with van der Waals surface area (Å²) < 4.78 is 5.34. The Balaban J connectivity index is 2.33. The summed E-state index contributed by atoms with van der Waals surface area (Å²) in [5.41, 5.74) is 5.37. The highest BCUT2D eigenvalue weighted by Crippen LogP contribution is 2.06. The summed E-state index contributed by atoms with van der Waals surface area (Å²) in [5.74, 6) is 1.59. The Bertz CT molecular complexity index is 246. The maximum atomic E-state index is 5.37. The van der Waals surface area contributed by atoms with Gasteiger partial charge < -0.3 is 10.5 Å². The van der Waals surface area contributed by atoms with Crippen molar-refractivity contribution in [1.29, 1.82) is 0 Å². The van der Waals surface area contributed by atoms with Crippen LogP contribution in [-0.2, 0) is 0 Å². The lowest BCUT2D eigenvalue weighted by Crippen LogP contribution is -2.03. The normalized spacial score (nSPS) is 10.4. The molecule has 72 valence electrons. The largest absolute Gasteiger partial charge is 0.477 e. The first kappa shape index (κ1) is 9.77. The standard InChI is InChI=1S/C9H15N3O/c1-7(2)3-4-13-9-6-11-8(10)5-12-9/h5-7H,3-4H2,1-2H3,(H2,10,11). The average molecular weight is 181 g/mol. The fraction of sp³-hybridized carbons (Fsp3) is 0.556. The maximum Gasteiger partial charge on any atom is 0.232 e. The van der Waals surface area contributed by atoms with Crippen LogP contribution in [0.15, 0.2) is 12.4 Å². The summed E-state index contributed by atoms with van der Waals surface area (Å²) in [6.07, 6.45) is 4.05. The molecular formula is C9H15N3O. The summed E-state index contributed by atoms with van der Waals surface area (Å²) in [4.78, 5) is 7.83. The van der Waals surface area contributed by atoms with Crippen LogP contribution in [0.25, 0.3) is 0 Å². The number of nitrogens with zero attached hydrogens (tertiary/aromatic N) is 2. The molecule has 0 radical (unpaired) electrons. The molecule has 0 atom stereocenters. The Kier molecular flexibility index (Phi) is 3.49. The van der Waals surface area contributed by atoms with Crippen molar-refractivity contribution in [3.05, 3.63) is 12.4 Å². The van der Waals surface area contributed by atoms with Crippen molar-refractivity contribution in [2.45, 2.75) is 20.3 Å². The molecule has 1 aromatic rings. The van der Waals surface area contributed by atoms with Crippen molar-refractivity contribution in [3.63, 3.8) is 0 Å². The summed E-state index contributed by atoms with van der Waals surface area (Å²) in [6, 6.07) is 0. The maximum absolute atomic E-state index is 5.37. The highest BCUT2D eigenvalue weighted by atomic mass is 16.5. The van der Waals surface area contributed by atoms with Gasteiger partial charge in [0, 0.05) is 0 Å². The van der Waals surface area contributed by atoms with Gasteiger partial charge in [0.1, 0.15) is 5.82 Å². The molecule has 2 N–H and O–H groups in total. The topological polar surface area (TPSA) is 61.0 Å². The number of nitrogen functional groups attached to an aromatic ring is 1. The van der Waals surface area contributed by atoms with Crippen molar-refractivity contribution < 1.29 is 4.74 Å². The minimum atomic E-state index is 0.413. The molecule has 0 spiro atoms. The fourth-order valence-corrected chi connectivity index (χ4v) is 0.800. The van der Waals surface area contributed by atoms with E-state index < -0.39 is 0 Å². The van der Waals surface area contributed by atoms with E-state index in [2.05, 4.69) is 23.8 Å². The second kappa shape index (κ2) is 4.64. The third kappa shape index (κ3) is 3.73. The Morgan fingerprint density at radius 3 is 2.69 bits per heavy atom. The Labute approximate surface area is 78.1 Å². The van der Waals surface area contributed by atoms with Crippen LogP contribution in [-0.4, -0.2) is 16.6 Å². The van der Waals surface area contributed by atoms with E-state index in [0.29, 0.717) is 24.2 Å². The second-order valence-corrected chi connectivity index (χ2v) is 3.31. The van der Waals surface area contributed by atoms with Crippen LogP contribution in [0.4, 0.5) is 5.82 Å². The lowest BCUT2D eigenvalue weighted by Gasteiger charge is -2.06. The lowest BCUT2D eigenvalue weighted by molar-refractivity contribution is 0.278. The van der Waals surface area contributed by atoms with E-state index in [9.17, 15) is 0 Å². The van der Waals surface area contributed by atoms with Crippen LogP contribution in [0, 0.1) is 5.92 Å². The highest BCUT2D eigenvalue weighted by Gasteiger charge is 1.97. The molecule has 4 nitrogen and oxygen atoms in total. The summed E-state index contributed by atoms with van der Waals surface area (Å²) in [6.45, 7) is 4.98. The first-order valence-corrected chi connectivity index (χ1v) is 4.39. The number of aromatic nitrogens is 2. The van der Waals surface area contributed by atoms with E-state index >= 15 is 0 Å². The molecule has 13 heavy (non-hydrogen) atoms. The van der Waals surface area contributed by atoms with Crippen molar-refractivity contribution >= 4 is 5.82 Å². The molecule has 0 saturated carbocycles. The Morgan fingerprint density at radius 1 is 1.38 bits per heavy atom. The van der Waals surface area contributed by atoms with Gasteiger partial charge in [-0.3, -0.25) is 0 Å². The van der Waals surface area contributed by atoms with Crippen molar-refractivity contribution in [1.82, 2.24) is 9.97 Å². The highest BCUT2D eigenvalue weighted by molar-refractivity contribution is 5.24. The number of hydrogen-bond acceptors (Lipinski definition) is 4. The molecule has 4 heteroatoms. The van der Waals surface area contributed by atoms with Gasteiger partial charge in [0.2, 0.25) is 5.88 Å². The van der Waals surface area contributed by atoms with Gasteiger partial charge >= 0.3 is 0 Å². The van der Waals surface area contributed by atoms with Crippen molar-refractivity contribution in [2.24, 2.45) is 5.92 Å². The van der Waals surface area contributed by atoms with Crippen molar-refractivity contribution in [2.75, 3.05) is 12.3 Å². The summed E-state index contributed by atoms with van der Waals surface area (Å²) >= 11 is 0. The molecule has 1 heterocycles. The molecule has 0 saturated heterocycles. The minimum absolute atomic E-state index is 0.413. The molecule has 0 fully saturated rings. The van der Waals surface area contributed by atoms with Gasteiger partial charge in [-0.05, 0) is 12.3 Å². The van der Waals surface area contributed by atoms with Gasteiger partial charge in [-0.25, -0.2) is 9.97 Å². The summed E-state index contributed by atoms with van der Waals surface area (Å²) in [7, 11) is 0. The molecule has 0 aromatic carbocycles. The van der Waals surface area contributed by atoms with E-state index in [-0.39, 0.29) is 0 Å². The van der Waals surface area contributed by atoms with E-state index in [1.807, 2.05) is 0 Å². The van der Waals surface area contributed by atoms with E-state index in [4.69, 9.17) is 10.5 Å². The average Bonchev–Trinajstić information content (AvgIpc) is 2.08. The molecular weight excluding hydrogens is 166 g/mol. The van der Waals surface area contributed by atoms with E-state index in [1.165, 1.54) is 12.4 Å². The van der Waals surface area contributed by atoms with Crippen LogP contribution >= 0.6 is 0 Å². The van der Waals surface area contributed by atoms with Gasteiger partial charge in [0.25, 0.3) is 0 Å². The van der Waals surface area contributed by atoms with Gasteiger partial charge in [-0.1, -0.05) is 13.8 Å². The molecule has 0 aliphatic heterocycles. The number of ether oxygens (including phenoxy) is 1.